The van der Waals surface area contributed by atoms with Crippen LogP contribution in [0.25, 0.3) is 0 Å². The van der Waals surface area contributed by atoms with Crippen LogP contribution in [0.15, 0.2) is 18.2 Å². The van der Waals surface area contributed by atoms with E-state index >= 15 is 0 Å². The van der Waals surface area contributed by atoms with Crippen LogP contribution in [-0.4, -0.2) is 13.1 Å². The van der Waals surface area contributed by atoms with Crippen molar-refractivity contribution in [2.45, 2.75) is 19.8 Å². The number of nitriles is 1. The third-order valence-electron chi connectivity index (χ3n) is 2.44. The first kappa shape index (κ1) is 11.3. The molecule has 0 aliphatic rings. The Morgan fingerprint density at radius 3 is 2.73 bits per heavy atom. The fourth-order valence-electron chi connectivity index (χ4n) is 1.34. The predicted molar refractivity (Wildman–Crippen MR) is 56.3 cm³/mol. The van der Waals surface area contributed by atoms with E-state index in [4.69, 9.17) is 5.26 Å². The van der Waals surface area contributed by atoms with Gasteiger partial charge in [0, 0.05) is 0 Å². The summed E-state index contributed by atoms with van der Waals surface area (Å²) in [5.74, 6) is -0.620. The first-order valence-electron chi connectivity index (χ1n) is 4.68. The van der Waals surface area contributed by atoms with Crippen molar-refractivity contribution in [3.8, 4) is 6.07 Å². The van der Waals surface area contributed by atoms with Gasteiger partial charge in [-0.15, -0.1) is 0 Å². The number of methoxy groups -OCH3 is 1. The second-order valence-corrected chi connectivity index (χ2v) is 3.43. The molecular weight excluding hydrogens is 190 g/mol. The Bertz CT molecular complexity index is 418. The van der Waals surface area contributed by atoms with Gasteiger partial charge in [0.25, 0.3) is 0 Å². The summed E-state index contributed by atoms with van der Waals surface area (Å²) in [7, 11) is 1.36. The van der Waals surface area contributed by atoms with Crippen LogP contribution in [0, 0.1) is 18.3 Å². The van der Waals surface area contributed by atoms with Crippen molar-refractivity contribution >= 4 is 5.97 Å². The molecule has 0 aromatic heterocycles. The van der Waals surface area contributed by atoms with Crippen molar-refractivity contribution in [1.29, 1.82) is 5.26 Å². The minimum atomic E-state index is -0.331. The summed E-state index contributed by atoms with van der Waals surface area (Å²) in [5, 5.41) is 8.85. The summed E-state index contributed by atoms with van der Waals surface area (Å²) >= 11 is 0. The van der Waals surface area contributed by atoms with E-state index in [1.807, 2.05) is 19.1 Å². The molecule has 0 N–H and O–H groups in total. The fourth-order valence-corrected chi connectivity index (χ4v) is 1.34. The number of hydrogen-bond donors (Lipinski definition) is 0. The van der Waals surface area contributed by atoms with Crippen LogP contribution in [0.2, 0.25) is 0 Å². The van der Waals surface area contributed by atoms with Gasteiger partial charge < -0.3 is 4.74 Å². The number of ether oxygens (including phenoxy) is 1. The largest absolute Gasteiger partial charge is 0.469 e. The molecule has 0 saturated heterocycles. The van der Waals surface area contributed by atoms with Crippen LogP contribution < -0.4 is 0 Å². The second-order valence-electron chi connectivity index (χ2n) is 3.43. The molecular formula is C12H13NO2. The standard InChI is InChI=1S/C12H13NO2/c1-8-4-5-10(6-11(8)7-13)9(2)12(14)15-3/h4-6,9H,1-3H3. The highest BCUT2D eigenvalue weighted by Crippen LogP contribution is 2.19. The third kappa shape index (κ3) is 2.35. The maximum Gasteiger partial charge on any atom is 0.312 e. The molecule has 0 aliphatic carbocycles. The van der Waals surface area contributed by atoms with Gasteiger partial charge >= 0.3 is 5.97 Å². The van der Waals surface area contributed by atoms with Gasteiger partial charge in [-0.2, -0.15) is 5.26 Å². The Balaban J connectivity index is 3.07. The summed E-state index contributed by atoms with van der Waals surface area (Å²) in [6.07, 6.45) is 0. The SMILES string of the molecule is COC(=O)C(C)c1ccc(C)c(C#N)c1. The van der Waals surface area contributed by atoms with Crippen molar-refractivity contribution in [2.75, 3.05) is 7.11 Å². The van der Waals surface area contributed by atoms with Gasteiger partial charge in [0.2, 0.25) is 0 Å². The highest BCUT2D eigenvalue weighted by Gasteiger charge is 2.16. The number of benzene rings is 1. The lowest BCUT2D eigenvalue weighted by molar-refractivity contribution is -0.141. The number of esters is 1. The lowest BCUT2D eigenvalue weighted by Gasteiger charge is -2.10. The molecule has 15 heavy (non-hydrogen) atoms. The number of rotatable bonds is 2. The molecule has 78 valence electrons. The molecule has 3 heteroatoms. The minimum absolute atomic E-state index is 0.289. The Morgan fingerprint density at radius 2 is 2.20 bits per heavy atom. The summed E-state index contributed by atoms with van der Waals surface area (Å²) < 4.78 is 4.65. The Hall–Kier alpha value is -1.82. The first-order valence-corrected chi connectivity index (χ1v) is 4.68. The molecule has 0 aliphatic heterocycles. The molecule has 0 heterocycles. The summed E-state index contributed by atoms with van der Waals surface area (Å²) in [6, 6.07) is 7.51. The lowest BCUT2D eigenvalue weighted by atomic mass is 9.97. The third-order valence-corrected chi connectivity index (χ3v) is 2.44. The van der Waals surface area contributed by atoms with Crippen LogP contribution in [0.4, 0.5) is 0 Å². The van der Waals surface area contributed by atoms with E-state index in [1.165, 1.54) is 7.11 Å². The van der Waals surface area contributed by atoms with E-state index in [2.05, 4.69) is 10.8 Å². The number of nitrogens with zero attached hydrogens (tertiary/aromatic N) is 1. The normalized spacial score (nSPS) is 11.6. The molecule has 0 bridgehead atoms. The van der Waals surface area contributed by atoms with E-state index in [0.717, 1.165) is 11.1 Å². The van der Waals surface area contributed by atoms with Gasteiger partial charge in [0.1, 0.15) is 0 Å². The molecule has 1 aromatic carbocycles. The van der Waals surface area contributed by atoms with Gasteiger partial charge in [0.15, 0.2) is 0 Å². The summed E-state index contributed by atoms with van der Waals surface area (Å²) in [5.41, 5.74) is 2.32. The molecule has 3 nitrogen and oxygen atoms in total. The zero-order chi connectivity index (χ0) is 11.4. The van der Waals surface area contributed by atoms with E-state index in [0.29, 0.717) is 5.56 Å². The number of carbonyl (C=O) groups is 1. The molecule has 0 radical (unpaired) electrons. The molecule has 0 spiro atoms. The molecule has 1 unspecified atom stereocenters. The molecule has 0 amide bonds. The highest BCUT2D eigenvalue weighted by molar-refractivity contribution is 5.77. The van der Waals surface area contributed by atoms with Crippen molar-refractivity contribution in [3.05, 3.63) is 34.9 Å². The fraction of sp³-hybridized carbons (Fsp3) is 0.333. The van der Waals surface area contributed by atoms with E-state index < -0.39 is 0 Å². The zero-order valence-electron chi connectivity index (χ0n) is 9.07. The van der Waals surface area contributed by atoms with Crippen LogP contribution in [0.1, 0.15) is 29.5 Å². The number of hydrogen-bond acceptors (Lipinski definition) is 3. The van der Waals surface area contributed by atoms with Gasteiger partial charge in [0.05, 0.1) is 24.7 Å². The average Bonchev–Trinajstić information content (AvgIpc) is 2.27. The molecule has 1 atom stereocenters. The van der Waals surface area contributed by atoms with E-state index in [1.54, 1.807) is 13.0 Å². The van der Waals surface area contributed by atoms with Crippen LogP contribution in [0.5, 0.6) is 0 Å². The number of aryl methyl sites for hydroxylation is 1. The van der Waals surface area contributed by atoms with Gasteiger partial charge in [-0.3, -0.25) is 4.79 Å². The predicted octanol–water partition coefficient (Wildman–Crippen LogP) is 2.14. The minimum Gasteiger partial charge on any atom is -0.469 e. The van der Waals surface area contributed by atoms with Crippen LogP contribution in [0.3, 0.4) is 0 Å². The maximum absolute atomic E-state index is 11.3. The Kier molecular flexibility index (Phi) is 3.46. The number of carbonyl (C=O) groups excluding carboxylic acids is 1. The monoisotopic (exact) mass is 203 g/mol. The highest BCUT2D eigenvalue weighted by atomic mass is 16.5. The Morgan fingerprint density at radius 1 is 1.53 bits per heavy atom. The van der Waals surface area contributed by atoms with Gasteiger partial charge in [-0.25, -0.2) is 0 Å². The quantitative estimate of drug-likeness (QED) is 0.692. The molecule has 0 saturated carbocycles. The topological polar surface area (TPSA) is 50.1 Å². The van der Waals surface area contributed by atoms with Crippen molar-refractivity contribution in [3.63, 3.8) is 0 Å². The summed E-state index contributed by atoms with van der Waals surface area (Å²) in [4.78, 5) is 11.3. The lowest BCUT2D eigenvalue weighted by Crippen LogP contribution is -2.11. The van der Waals surface area contributed by atoms with Crippen molar-refractivity contribution < 1.29 is 9.53 Å². The van der Waals surface area contributed by atoms with Crippen molar-refractivity contribution in [1.82, 2.24) is 0 Å². The maximum atomic E-state index is 11.3. The summed E-state index contributed by atoms with van der Waals surface area (Å²) in [6.45, 7) is 3.63. The van der Waals surface area contributed by atoms with Crippen LogP contribution in [-0.2, 0) is 9.53 Å². The van der Waals surface area contributed by atoms with E-state index in [-0.39, 0.29) is 11.9 Å². The zero-order valence-corrected chi connectivity index (χ0v) is 9.07. The molecule has 1 rings (SSSR count). The van der Waals surface area contributed by atoms with Crippen LogP contribution >= 0.6 is 0 Å². The second kappa shape index (κ2) is 4.61. The van der Waals surface area contributed by atoms with Crippen molar-refractivity contribution in [2.24, 2.45) is 0 Å². The van der Waals surface area contributed by atoms with E-state index in [9.17, 15) is 4.79 Å². The van der Waals surface area contributed by atoms with Gasteiger partial charge in [-0.1, -0.05) is 12.1 Å². The average molecular weight is 203 g/mol. The smallest absolute Gasteiger partial charge is 0.312 e. The Labute approximate surface area is 89.3 Å². The first-order chi connectivity index (χ1) is 7.10. The molecule has 0 fully saturated rings. The van der Waals surface area contributed by atoms with Gasteiger partial charge in [-0.05, 0) is 31.0 Å². The molecule has 1 aromatic rings.